The van der Waals surface area contributed by atoms with Crippen LogP contribution in [0, 0.1) is 17.1 Å². The van der Waals surface area contributed by atoms with Gasteiger partial charge in [-0.1, -0.05) is 0 Å². The highest BCUT2D eigenvalue weighted by atomic mass is 19.1. The summed E-state index contributed by atoms with van der Waals surface area (Å²) in [6.07, 6.45) is 1.37. The Labute approximate surface area is 138 Å². The molecule has 0 heterocycles. The van der Waals surface area contributed by atoms with Crippen LogP contribution in [0.15, 0.2) is 41.5 Å². The molecule has 1 N–H and O–H groups in total. The number of rotatable bonds is 5. The topological polar surface area (TPSA) is 83.7 Å². The summed E-state index contributed by atoms with van der Waals surface area (Å²) in [6, 6.07) is 10.5. The molecule has 0 saturated carbocycles. The Balaban J connectivity index is 2.12. The van der Waals surface area contributed by atoms with Gasteiger partial charge < -0.3 is 9.47 Å². The van der Waals surface area contributed by atoms with E-state index in [4.69, 9.17) is 14.7 Å². The normalized spacial score (nSPS) is 10.2. The van der Waals surface area contributed by atoms with Crippen LogP contribution in [0.25, 0.3) is 0 Å². The van der Waals surface area contributed by atoms with Gasteiger partial charge in [-0.15, -0.1) is 0 Å². The quantitative estimate of drug-likeness (QED) is 0.675. The highest BCUT2D eigenvalue weighted by Crippen LogP contribution is 2.23. The number of hydrogen-bond donors (Lipinski definition) is 1. The summed E-state index contributed by atoms with van der Waals surface area (Å²) in [5.74, 6) is -0.380. The molecule has 0 fully saturated rings. The van der Waals surface area contributed by atoms with Crippen molar-refractivity contribution in [2.45, 2.75) is 0 Å². The van der Waals surface area contributed by atoms with E-state index in [1.54, 1.807) is 24.3 Å². The van der Waals surface area contributed by atoms with Crippen LogP contribution in [0.4, 0.5) is 4.39 Å². The molecule has 2 aromatic carbocycles. The molecule has 24 heavy (non-hydrogen) atoms. The van der Waals surface area contributed by atoms with Crippen molar-refractivity contribution in [2.75, 3.05) is 14.2 Å². The standard InChI is InChI=1S/C17H14FN3O3/c1-23-13-5-4-12(16(8-13)24-2)10-20-21-17(22)14-6-3-11(9-19)7-15(14)18/h3-8,10H,1-2H3,(H,21,22)/b20-10-. The fourth-order valence-corrected chi connectivity index (χ4v) is 1.91. The maximum atomic E-state index is 13.7. The molecule has 7 heteroatoms. The smallest absolute Gasteiger partial charge is 0.274 e. The molecule has 1 amide bonds. The van der Waals surface area contributed by atoms with Gasteiger partial charge in [-0.25, -0.2) is 9.82 Å². The van der Waals surface area contributed by atoms with Crippen LogP contribution in [0.5, 0.6) is 11.5 Å². The lowest BCUT2D eigenvalue weighted by molar-refractivity contribution is 0.0951. The zero-order valence-electron chi connectivity index (χ0n) is 13.0. The minimum Gasteiger partial charge on any atom is -0.497 e. The zero-order valence-corrected chi connectivity index (χ0v) is 13.0. The Hall–Kier alpha value is -3.40. The predicted molar refractivity (Wildman–Crippen MR) is 85.7 cm³/mol. The molecule has 0 bridgehead atoms. The minimum absolute atomic E-state index is 0.135. The SMILES string of the molecule is COc1ccc(/C=N\NC(=O)c2ccc(C#N)cc2F)c(OC)c1. The fourth-order valence-electron chi connectivity index (χ4n) is 1.91. The first-order valence-corrected chi connectivity index (χ1v) is 6.84. The number of carbonyl (C=O) groups is 1. The summed E-state index contributed by atoms with van der Waals surface area (Å²) in [6.45, 7) is 0. The van der Waals surface area contributed by atoms with E-state index in [9.17, 15) is 9.18 Å². The van der Waals surface area contributed by atoms with E-state index in [1.165, 1.54) is 32.6 Å². The number of carbonyl (C=O) groups excluding carboxylic acids is 1. The van der Waals surface area contributed by atoms with Crippen molar-refractivity contribution in [3.8, 4) is 17.6 Å². The number of benzene rings is 2. The first-order chi connectivity index (χ1) is 11.6. The molecule has 2 rings (SSSR count). The molecule has 0 radical (unpaired) electrons. The molecular formula is C17H14FN3O3. The number of amides is 1. The van der Waals surface area contributed by atoms with Gasteiger partial charge in [0, 0.05) is 11.6 Å². The van der Waals surface area contributed by atoms with Gasteiger partial charge in [0.25, 0.3) is 5.91 Å². The Morgan fingerprint density at radius 3 is 2.67 bits per heavy atom. The summed E-state index contributed by atoms with van der Waals surface area (Å²) in [7, 11) is 3.03. The second-order valence-corrected chi connectivity index (χ2v) is 4.61. The molecule has 2 aromatic rings. The van der Waals surface area contributed by atoms with Gasteiger partial charge in [0.15, 0.2) is 0 Å². The number of nitriles is 1. The van der Waals surface area contributed by atoms with Gasteiger partial charge in [-0.05, 0) is 30.3 Å². The summed E-state index contributed by atoms with van der Waals surface area (Å²) < 4.78 is 24.0. The van der Waals surface area contributed by atoms with Gasteiger partial charge in [-0.2, -0.15) is 10.4 Å². The van der Waals surface area contributed by atoms with E-state index < -0.39 is 11.7 Å². The van der Waals surface area contributed by atoms with E-state index in [0.29, 0.717) is 17.1 Å². The maximum Gasteiger partial charge on any atom is 0.274 e. The first-order valence-electron chi connectivity index (χ1n) is 6.84. The predicted octanol–water partition coefficient (Wildman–Crippen LogP) is 2.48. The molecule has 6 nitrogen and oxygen atoms in total. The first kappa shape index (κ1) is 17.0. The lowest BCUT2D eigenvalue weighted by atomic mass is 10.1. The van der Waals surface area contributed by atoms with Crippen molar-refractivity contribution in [3.05, 3.63) is 58.9 Å². The highest BCUT2D eigenvalue weighted by Gasteiger charge is 2.11. The number of methoxy groups -OCH3 is 2. The average Bonchev–Trinajstić information content (AvgIpc) is 2.61. The fraction of sp³-hybridized carbons (Fsp3) is 0.118. The van der Waals surface area contributed by atoms with Crippen molar-refractivity contribution < 1.29 is 18.7 Å². The molecule has 0 spiro atoms. The van der Waals surface area contributed by atoms with Crippen LogP contribution in [0.3, 0.4) is 0 Å². The third-order valence-electron chi connectivity index (χ3n) is 3.15. The lowest BCUT2D eigenvalue weighted by Gasteiger charge is -2.07. The number of ether oxygens (including phenoxy) is 2. The summed E-state index contributed by atoms with van der Waals surface area (Å²) in [5.41, 5.74) is 2.77. The third-order valence-corrected chi connectivity index (χ3v) is 3.15. The number of hydrogen-bond acceptors (Lipinski definition) is 5. The van der Waals surface area contributed by atoms with Gasteiger partial charge in [0.05, 0.1) is 37.6 Å². The number of nitrogens with one attached hydrogen (secondary N) is 1. The van der Waals surface area contributed by atoms with E-state index in [-0.39, 0.29) is 11.1 Å². The third kappa shape index (κ3) is 3.87. The van der Waals surface area contributed by atoms with Gasteiger partial charge in [0.2, 0.25) is 0 Å². The van der Waals surface area contributed by atoms with Crippen molar-refractivity contribution >= 4 is 12.1 Å². The second kappa shape index (κ2) is 7.74. The summed E-state index contributed by atoms with van der Waals surface area (Å²) in [5, 5.41) is 12.5. The van der Waals surface area contributed by atoms with Crippen LogP contribution in [0.1, 0.15) is 21.5 Å². The molecule has 0 atom stereocenters. The minimum atomic E-state index is -0.788. The molecule has 0 aliphatic carbocycles. The van der Waals surface area contributed by atoms with Gasteiger partial charge in [-0.3, -0.25) is 4.79 Å². The van der Waals surface area contributed by atoms with E-state index >= 15 is 0 Å². The average molecular weight is 327 g/mol. The molecule has 0 unspecified atom stereocenters. The number of hydrazone groups is 1. The van der Waals surface area contributed by atoms with Crippen LogP contribution >= 0.6 is 0 Å². The van der Waals surface area contributed by atoms with Crippen molar-refractivity contribution in [3.63, 3.8) is 0 Å². The monoisotopic (exact) mass is 327 g/mol. The largest absolute Gasteiger partial charge is 0.497 e. The van der Waals surface area contributed by atoms with Gasteiger partial charge >= 0.3 is 0 Å². The molecule has 122 valence electrons. The molecule has 0 aromatic heterocycles. The lowest BCUT2D eigenvalue weighted by Crippen LogP contribution is -2.19. The Bertz CT molecular complexity index is 828. The van der Waals surface area contributed by atoms with Crippen LogP contribution in [-0.2, 0) is 0 Å². The molecule has 0 aliphatic heterocycles. The Kier molecular flexibility index (Phi) is 5.47. The maximum absolute atomic E-state index is 13.7. The summed E-state index contributed by atoms with van der Waals surface area (Å²) in [4.78, 5) is 11.9. The molecule has 0 saturated heterocycles. The number of halogens is 1. The molecular weight excluding hydrogens is 313 g/mol. The highest BCUT2D eigenvalue weighted by molar-refractivity contribution is 5.95. The number of nitrogens with zero attached hydrogens (tertiary/aromatic N) is 2. The second-order valence-electron chi connectivity index (χ2n) is 4.61. The zero-order chi connectivity index (χ0) is 17.5. The van der Waals surface area contributed by atoms with E-state index in [2.05, 4.69) is 10.5 Å². The van der Waals surface area contributed by atoms with Crippen molar-refractivity contribution in [1.29, 1.82) is 5.26 Å². The van der Waals surface area contributed by atoms with Crippen molar-refractivity contribution in [1.82, 2.24) is 5.43 Å². The van der Waals surface area contributed by atoms with Gasteiger partial charge in [0.1, 0.15) is 17.3 Å². The van der Waals surface area contributed by atoms with Crippen LogP contribution < -0.4 is 14.9 Å². The Morgan fingerprint density at radius 1 is 1.25 bits per heavy atom. The van der Waals surface area contributed by atoms with E-state index in [0.717, 1.165) is 6.07 Å². The molecule has 0 aliphatic rings. The van der Waals surface area contributed by atoms with E-state index in [1.807, 2.05) is 0 Å². The Morgan fingerprint density at radius 2 is 2.04 bits per heavy atom. The van der Waals surface area contributed by atoms with Crippen molar-refractivity contribution in [2.24, 2.45) is 5.10 Å². The summed E-state index contributed by atoms with van der Waals surface area (Å²) >= 11 is 0. The van der Waals surface area contributed by atoms with Crippen LogP contribution in [0.2, 0.25) is 0 Å². The van der Waals surface area contributed by atoms with Crippen LogP contribution in [-0.4, -0.2) is 26.3 Å².